The molecule has 0 unspecified atom stereocenters. The van der Waals surface area contributed by atoms with Gasteiger partial charge in [0.15, 0.2) is 0 Å². The monoisotopic (exact) mass is 284 g/mol. The lowest BCUT2D eigenvalue weighted by atomic mass is 10.1. The van der Waals surface area contributed by atoms with Gasteiger partial charge in [0, 0.05) is 20.6 Å². The molecule has 0 aliphatic rings. The molecule has 0 saturated carbocycles. The van der Waals surface area contributed by atoms with Crippen molar-refractivity contribution in [3.05, 3.63) is 0 Å². The Balaban J connectivity index is 3.02. The fraction of sp³-hybridized carbons (Fsp3) is 0.750. The molecule has 0 amide bonds. The van der Waals surface area contributed by atoms with Crippen LogP contribution in [0, 0.1) is 0 Å². The number of aliphatic hydroxyl groups is 2. The molecule has 0 saturated heterocycles. The summed E-state index contributed by atoms with van der Waals surface area (Å²) in [6.07, 6.45) is 0.955. The van der Waals surface area contributed by atoms with Gasteiger partial charge in [-0.15, -0.1) is 0 Å². The maximum Gasteiger partial charge on any atom is 0.231 e. The first-order valence-electron chi connectivity index (χ1n) is 6.61. The largest absolute Gasteiger partial charge is 0.394 e. The van der Waals surface area contributed by atoms with Crippen molar-refractivity contribution in [3.63, 3.8) is 0 Å². The molecular weight excluding hydrogens is 260 g/mol. The van der Waals surface area contributed by atoms with E-state index in [0.717, 1.165) is 13.0 Å². The van der Waals surface area contributed by atoms with Crippen LogP contribution in [0.2, 0.25) is 0 Å². The maximum absolute atomic E-state index is 9.32. The van der Waals surface area contributed by atoms with Crippen molar-refractivity contribution in [1.82, 2.24) is 15.0 Å². The molecule has 1 heterocycles. The summed E-state index contributed by atoms with van der Waals surface area (Å²) in [5.74, 6) is 1.28. The van der Waals surface area contributed by atoms with Crippen molar-refractivity contribution in [3.8, 4) is 0 Å². The zero-order valence-corrected chi connectivity index (χ0v) is 12.5. The third kappa shape index (κ3) is 4.46. The van der Waals surface area contributed by atoms with Crippen molar-refractivity contribution in [2.24, 2.45) is 0 Å². The molecule has 1 aromatic heterocycles. The van der Waals surface area contributed by atoms with Crippen LogP contribution in [0.25, 0.3) is 0 Å². The Bertz CT molecular complexity index is 422. The van der Waals surface area contributed by atoms with Crippen LogP contribution < -0.4 is 15.5 Å². The first-order chi connectivity index (χ1) is 9.44. The van der Waals surface area contributed by atoms with Crippen LogP contribution in [0.3, 0.4) is 0 Å². The minimum Gasteiger partial charge on any atom is -0.394 e. The Hall–Kier alpha value is -1.67. The van der Waals surface area contributed by atoms with Crippen molar-refractivity contribution in [2.75, 3.05) is 49.4 Å². The van der Waals surface area contributed by atoms with E-state index in [-0.39, 0.29) is 13.2 Å². The SMILES string of the molecule is CCCNc1nc(NC(C)(CO)CO)nc(N(C)C)n1. The number of hydrogen-bond donors (Lipinski definition) is 4. The van der Waals surface area contributed by atoms with Gasteiger partial charge in [0.25, 0.3) is 0 Å². The van der Waals surface area contributed by atoms with Crippen molar-refractivity contribution < 1.29 is 10.2 Å². The average molecular weight is 284 g/mol. The van der Waals surface area contributed by atoms with Crippen LogP contribution in [-0.2, 0) is 0 Å². The van der Waals surface area contributed by atoms with Crippen molar-refractivity contribution in [1.29, 1.82) is 0 Å². The van der Waals surface area contributed by atoms with Gasteiger partial charge in [-0.1, -0.05) is 6.92 Å². The summed E-state index contributed by atoms with van der Waals surface area (Å²) in [5.41, 5.74) is -0.882. The summed E-state index contributed by atoms with van der Waals surface area (Å²) in [6, 6.07) is 0. The number of hydrogen-bond acceptors (Lipinski definition) is 8. The van der Waals surface area contributed by atoms with Gasteiger partial charge in [-0.2, -0.15) is 15.0 Å². The van der Waals surface area contributed by atoms with E-state index in [9.17, 15) is 10.2 Å². The van der Waals surface area contributed by atoms with E-state index in [1.807, 2.05) is 14.1 Å². The average Bonchev–Trinajstić information content (AvgIpc) is 2.44. The Morgan fingerprint density at radius 3 is 2.20 bits per heavy atom. The van der Waals surface area contributed by atoms with Crippen LogP contribution in [0.4, 0.5) is 17.8 Å². The Kier molecular flexibility index (Phi) is 5.90. The van der Waals surface area contributed by atoms with E-state index in [0.29, 0.717) is 17.8 Å². The molecule has 114 valence electrons. The quantitative estimate of drug-likeness (QED) is 0.525. The third-order valence-electron chi connectivity index (χ3n) is 2.67. The van der Waals surface area contributed by atoms with Crippen LogP contribution in [0.5, 0.6) is 0 Å². The standard InChI is InChI=1S/C12H24N6O2/c1-5-6-13-9-14-10(16-11(15-9)18(3)4)17-12(2,7-19)8-20/h19-20H,5-8H2,1-4H3,(H2,13,14,15,16,17). The summed E-state index contributed by atoms with van der Waals surface area (Å²) in [5, 5.41) is 24.7. The highest BCUT2D eigenvalue weighted by Crippen LogP contribution is 2.15. The molecule has 0 spiro atoms. The Morgan fingerprint density at radius 1 is 1.10 bits per heavy atom. The molecule has 0 atom stereocenters. The lowest BCUT2D eigenvalue weighted by molar-refractivity contribution is 0.147. The number of nitrogens with one attached hydrogen (secondary N) is 2. The van der Waals surface area contributed by atoms with Crippen LogP contribution in [0.15, 0.2) is 0 Å². The van der Waals surface area contributed by atoms with Gasteiger partial charge in [-0.25, -0.2) is 0 Å². The second kappa shape index (κ2) is 7.20. The van der Waals surface area contributed by atoms with Crippen molar-refractivity contribution >= 4 is 17.8 Å². The van der Waals surface area contributed by atoms with Gasteiger partial charge >= 0.3 is 0 Å². The summed E-state index contributed by atoms with van der Waals surface area (Å²) >= 11 is 0. The summed E-state index contributed by atoms with van der Waals surface area (Å²) in [7, 11) is 3.67. The molecule has 0 aliphatic heterocycles. The van der Waals surface area contributed by atoms with E-state index in [1.165, 1.54) is 0 Å². The summed E-state index contributed by atoms with van der Waals surface area (Å²) in [4.78, 5) is 14.5. The predicted octanol–water partition coefficient (Wildman–Crippen LogP) is -0.0853. The van der Waals surface area contributed by atoms with Gasteiger partial charge in [-0.3, -0.25) is 0 Å². The highest BCUT2D eigenvalue weighted by molar-refractivity contribution is 5.44. The molecule has 0 bridgehead atoms. The fourth-order valence-electron chi connectivity index (χ4n) is 1.34. The third-order valence-corrected chi connectivity index (χ3v) is 2.67. The molecule has 8 nitrogen and oxygen atoms in total. The lowest BCUT2D eigenvalue weighted by Crippen LogP contribution is -2.43. The number of aliphatic hydroxyl groups excluding tert-OH is 2. The van der Waals surface area contributed by atoms with Gasteiger partial charge in [0.2, 0.25) is 17.8 Å². The predicted molar refractivity (Wildman–Crippen MR) is 79.1 cm³/mol. The van der Waals surface area contributed by atoms with Gasteiger partial charge < -0.3 is 25.7 Å². The fourth-order valence-corrected chi connectivity index (χ4v) is 1.34. The molecular formula is C12H24N6O2. The van der Waals surface area contributed by atoms with E-state index in [2.05, 4.69) is 32.5 Å². The Labute approximate surface area is 119 Å². The van der Waals surface area contributed by atoms with Crippen molar-refractivity contribution in [2.45, 2.75) is 25.8 Å². The molecule has 0 aromatic carbocycles. The van der Waals surface area contributed by atoms with Gasteiger partial charge in [0.05, 0.1) is 18.8 Å². The van der Waals surface area contributed by atoms with Crippen LogP contribution in [0.1, 0.15) is 20.3 Å². The lowest BCUT2D eigenvalue weighted by Gasteiger charge is -2.26. The van der Waals surface area contributed by atoms with E-state index in [1.54, 1.807) is 11.8 Å². The Morgan fingerprint density at radius 2 is 1.70 bits per heavy atom. The molecule has 0 aliphatic carbocycles. The number of rotatable bonds is 8. The molecule has 1 rings (SSSR count). The van der Waals surface area contributed by atoms with Crippen LogP contribution >= 0.6 is 0 Å². The topological polar surface area (TPSA) is 106 Å². The number of aromatic nitrogens is 3. The number of nitrogens with zero attached hydrogens (tertiary/aromatic N) is 4. The minimum atomic E-state index is -0.882. The van der Waals surface area contributed by atoms with E-state index >= 15 is 0 Å². The minimum absolute atomic E-state index is 0.232. The zero-order chi connectivity index (χ0) is 15.2. The first-order valence-corrected chi connectivity index (χ1v) is 6.61. The highest BCUT2D eigenvalue weighted by Gasteiger charge is 2.24. The van der Waals surface area contributed by atoms with E-state index < -0.39 is 5.54 Å². The normalized spacial score (nSPS) is 11.3. The molecule has 4 N–H and O–H groups in total. The second-order valence-electron chi connectivity index (χ2n) is 5.11. The molecule has 1 aromatic rings. The summed E-state index contributed by atoms with van der Waals surface area (Å²) in [6.45, 7) is 4.03. The van der Waals surface area contributed by atoms with Gasteiger partial charge in [-0.05, 0) is 13.3 Å². The smallest absolute Gasteiger partial charge is 0.231 e. The first kappa shape index (κ1) is 16.4. The molecule has 0 radical (unpaired) electrons. The molecule has 20 heavy (non-hydrogen) atoms. The van der Waals surface area contributed by atoms with E-state index in [4.69, 9.17) is 0 Å². The summed E-state index contributed by atoms with van der Waals surface area (Å²) < 4.78 is 0. The second-order valence-corrected chi connectivity index (χ2v) is 5.11. The van der Waals surface area contributed by atoms with Gasteiger partial charge in [0.1, 0.15) is 0 Å². The molecule has 0 fully saturated rings. The number of anilines is 3. The molecule has 8 heteroatoms. The highest BCUT2D eigenvalue weighted by atomic mass is 16.3. The van der Waals surface area contributed by atoms with Crippen LogP contribution in [-0.4, -0.2) is 64.6 Å². The maximum atomic E-state index is 9.32. The zero-order valence-electron chi connectivity index (χ0n) is 12.5.